The van der Waals surface area contributed by atoms with Crippen molar-refractivity contribution in [3.63, 3.8) is 0 Å². The molecule has 0 radical (unpaired) electrons. The molecular weight excluding hydrogens is 102 g/mol. The standard InChI is InChI=1S/C4H9NO.C2H6/c6-4-1-2-5-3-4;1-2/h4-6H,1-3H2;1-2H3. The van der Waals surface area contributed by atoms with Crippen LogP contribution in [0.3, 0.4) is 0 Å². The monoisotopic (exact) mass is 117 g/mol. The van der Waals surface area contributed by atoms with E-state index in [0.29, 0.717) is 0 Å². The lowest BCUT2D eigenvalue weighted by molar-refractivity contribution is 0.196. The molecule has 0 aliphatic carbocycles. The van der Waals surface area contributed by atoms with Crippen molar-refractivity contribution >= 4 is 0 Å². The van der Waals surface area contributed by atoms with E-state index in [-0.39, 0.29) is 6.10 Å². The second-order valence-electron chi connectivity index (χ2n) is 1.65. The molecule has 1 aliphatic rings. The van der Waals surface area contributed by atoms with Gasteiger partial charge in [-0.1, -0.05) is 13.8 Å². The molecule has 1 rings (SSSR count). The van der Waals surface area contributed by atoms with E-state index in [2.05, 4.69) is 5.32 Å². The summed E-state index contributed by atoms with van der Waals surface area (Å²) in [6.07, 6.45) is 0.866. The highest BCUT2D eigenvalue weighted by Gasteiger charge is 2.08. The quantitative estimate of drug-likeness (QED) is 0.480. The summed E-state index contributed by atoms with van der Waals surface area (Å²) in [5.41, 5.74) is 0. The highest BCUT2D eigenvalue weighted by molar-refractivity contribution is 4.67. The molecule has 0 bridgehead atoms. The molecule has 1 unspecified atom stereocenters. The summed E-state index contributed by atoms with van der Waals surface area (Å²) in [6.45, 7) is 5.78. The molecule has 1 fully saturated rings. The molecule has 0 aromatic heterocycles. The van der Waals surface area contributed by atoms with Gasteiger partial charge in [0.2, 0.25) is 0 Å². The Morgan fingerprint density at radius 2 is 2.12 bits per heavy atom. The normalized spacial score (nSPS) is 26.6. The van der Waals surface area contributed by atoms with E-state index >= 15 is 0 Å². The Morgan fingerprint density at radius 1 is 1.50 bits per heavy atom. The summed E-state index contributed by atoms with van der Waals surface area (Å²) in [6, 6.07) is 0. The second-order valence-corrected chi connectivity index (χ2v) is 1.65. The van der Waals surface area contributed by atoms with Crippen molar-refractivity contribution in [2.75, 3.05) is 13.1 Å². The van der Waals surface area contributed by atoms with Crippen molar-refractivity contribution in [3.05, 3.63) is 0 Å². The molecule has 0 spiro atoms. The summed E-state index contributed by atoms with van der Waals surface area (Å²) in [7, 11) is 0. The van der Waals surface area contributed by atoms with Crippen LogP contribution in [0.15, 0.2) is 0 Å². The molecule has 2 nitrogen and oxygen atoms in total. The van der Waals surface area contributed by atoms with Crippen LogP contribution in [0.1, 0.15) is 20.3 Å². The van der Waals surface area contributed by atoms with Gasteiger partial charge in [-0.15, -0.1) is 0 Å². The maximum atomic E-state index is 8.67. The lowest BCUT2D eigenvalue weighted by Crippen LogP contribution is -2.11. The SMILES string of the molecule is CC.OC1CCNC1. The van der Waals surface area contributed by atoms with Gasteiger partial charge in [-0.25, -0.2) is 0 Å². The van der Waals surface area contributed by atoms with Crippen molar-refractivity contribution in [1.29, 1.82) is 0 Å². The Bertz CT molecular complexity index is 41.8. The van der Waals surface area contributed by atoms with Crippen LogP contribution in [0.5, 0.6) is 0 Å². The predicted molar refractivity (Wildman–Crippen MR) is 34.8 cm³/mol. The molecule has 1 heterocycles. The fourth-order valence-corrected chi connectivity index (χ4v) is 0.639. The highest BCUT2D eigenvalue weighted by Crippen LogP contribution is 1.93. The van der Waals surface area contributed by atoms with E-state index < -0.39 is 0 Å². The van der Waals surface area contributed by atoms with Crippen LogP contribution >= 0.6 is 0 Å². The van der Waals surface area contributed by atoms with Gasteiger partial charge in [-0.05, 0) is 13.0 Å². The summed E-state index contributed by atoms with van der Waals surface area (Å²) < 4.78 is 0. The van der Waals surface area contributed by atoms with Crippen LogP contribution in [-0.4, -0.2) is 24.3 Å². The van der Waals surface area contributed by atoms with E-state index in [4.69, 9.17) is 5.11 Å². The molecule has 0 aromatic rings. The second kappa shape index (κ2) is 5.06. The number of aliphatic hydroxyl groups excluding tert-OH is 1. The molecule has 1 saturated heterocycles. The number of hydrogen-bond donors (Lipinski definition) is 2. The number of β-amino-alcohol motifs (C(OH)–C–C–N with tert-alkyl or cyclic N) is 1. The first-order chi connectivity index (χ1) is 3.89. The zero-order valence-corrected chi connectivity index (χ0v) is 5.65. The topological polar surface area (TPSA) is 32.3 Å². The minimum Gasteiger partial charge on any atom is -0.392 e. The lowest BCUT2D eigenvalue weighted by Gasteiger charge is -1.90. The van der Waals surface area contributed by atoms with Gasteiger partial charge in [0.1, 0.15) is 0 Å². The van der Waals surface area contributed by atoms with Crippen molar-refractivity contribution in [1.82, 2.24) is 5.32 Å². The Labute approximate surface area is 50.9 Å². The largest absolute Gasteiger partial charge is 0.392 e. The molecule has 1 atom stereocenters. The summed E-state index contributed by atoms with van der Waals surface area (Å²) >= 11 is 0. The first-order valence-corrected chi connectivity index (χ1v) is 3.28. The lowest BCUT2D eigenvalue weighted by atomic mass is 10.3. The number of nitrogens with one attached hydrogen (secondary N) is 1. The Morgan fingerprint density at radius 3 is 2.25 bits per heavy atom. The van der Waals surface area contributed by atoms with Gasteiger partial charge in [-0.2, -0.15) is 0 Å². The summed E-state index contributed by atoms with van der Waals surface area (Å²) in [5, 5.41) is 11.7. The van der Waals surface area contributed by atoms with Crippen molar-refractivity contribution < 1.29 is 5.11 Å². The number of rotatable bonds is 0. The summed E-state index contributed by atoms with van der Waals surface area (Å²) in [5.74, 6) is 0. The minimum atomic E-state index is -0.0648. The van der Waals surface area contributed by atoms with E-state index in [1.165, 1.54) is 0 Å². The van der Waals surface area contributed by atoms with Crippen LogP contribution in [0.4, 0.5) is 0 Å². The first-order valence-electron chi connectivity index (χ1n) is 3.28. The third kappa shape index (κ3) is 2.99. The third-order valence-corrected chi connectivity index (χ3v) is 1.03. The summed E-state index contributed by atoms with van der Waals surface area (Å²) in [4.78, 5) is 0. The zero-order chi connectivity index (χ0) is 6.41. The molecule has 0 saturated carbocycles. The minimum absolute atomic E-state index is 0.0648. The molecule has 50 valence electrons. The van der Waals surface area contributed by atoms with Crippen LogP contribution in [0.2, 0.25) is 0 Å². The Balaban J connectivity index is 0.000000222. The van der Waals surface area contributed by atoms with Gasteiger partial charge in [-0.3, -0.25) is 0 Å². The van der Waals surface area contributed by atoms with E-state index in [9.17, 15) is 0 Å². The molecule has 8 heavy (non-hydrogen) atoms. The fourth-order valence-electron chi connectivity index (χ4n) is 0.639. The molecule has 0 amide bonds. The van der Waals surface area contributed by atoms with Crippen molar-refractivity contribution in [3.8, 4) is 0 Å². The highest BCUT2D eigenvalue weighted by atomic mass is 16.3. The van der Waals surface area contributed by atoms with Gasteiger partial charge in [0.15, 0.2) is 0 Å². The Hall–Kier alpha value is -0.0800. The van der Waals surface area contributed by atoms with Gasteiger partial charge in [0.05, 0.1) is 6.10 Å². The van der Waals surface area contributed by atoms with Crippen LogP contribution < -0.4 is 5.32 Å². The van der Waals surface area contributed by atoms with E-state index in [0.717, 1.165) is 19.5 Å². The van der Waals surface area contributed by atoms with Crippen molar-refractivity contribution in [2.45, 2.75) is 26.4 Å². The van der Waals surface area contributed by atoms with Crippen LogP contribution in [-0.2, 0) is 0 Å². The number of aliphatic hydroxyl groups is 1. The Kier molecular flexibility index (Phi) is 5.01. The van der Waals surface area contributed by atoms with Gasteiger partial charge in [0.25, 0.3) is 0 Å². The maximum Gasteiger partial charge on any atom is 0.0676 e. The van der Waals surface area contributed by atoms with Crippen LogP contribution in [0.25, 0.3) is 0 Å². The molecule has 1 aliphatic heterocycles. The van der Waals surface area contributed by atoms with Gasteiger partial charge in [0, 0.05) is 6.54 Å². The molecular formula is C6H15NO. The molecule has 0 aromatic carbocycles. The van der Waals surface area contributed by atoms with Crippen molar-refractivity contribution in [2.24, 2.45) is 0 Å². The number of hydrogen-bond acceptors (Lipinski definition) is 2. The van der Waals surface area contributed by atoms with Crippen LogP contribution in [0, 0.1) is 0 Å². The van der Waals surface area contributed by atoms with E-state index in [1.807, 2.05) is 13.8 Å². The average Bonchev–Trinajstić information content (AvgIpc) is 2.24. The van der Waals surface area contributed by atoms with E-state index in [1.54, 1.807) is 0 Å². The molecule has 2 N–H and O–H groups in total. The zero-order valence-electron chi connectivity index (χ0n) is 5.65. The average molecular weight is 117 g/mol. The smallest absolute Gasteiger partial charge is 0.0676 e. The third-order valence-electron chi connectivity index (χ3n) is 1.03. The maximum absolute atomic E-state index is 8.67. The van der Waals surface area contributed by atoms with Gasteiger partial charge >= 0.3 is 0 Å². The predicted octanol–water partition coefficient (Wildman–Crippen LogP) is 0.367. The van der Waals surface area contributed by atoms with Gasteiger partial charge < -0.3 is 10.4 Å². The first kappa shape index (κ1) is 7.92. The molecule has 2 heteroatoms. The fraction of sp³-hybridized carbons (Fsp3) is 1.00.